The summed E-state index contributed by atoms with van der Waals surface area (Å²) >= 11 is 0. The van der Waals surface area contributed by atoms with Crippen LogP contribution >= 0.6 is 0 Å². The molecule has 19 rings (SSSR count). The molecule has 7 aromatic carbocycles. The van der Waals surface area contributed by atoms with Crippen LogP contribution in [0.3, 0.4) is 0 Å². The lowest BCUT2D eigenvalue weighted by atomic mass is 9.80. The summed E-state index contributed by atoms with van der Waals surface area (Å²) in [6.07, 6.45) is 26.2. The number of nitrogens with zero attached hydrogens (tertiary/aromatic N) is 17. The van der Waals surface area contributed by atoms with Crippen molar-refractivity contribution in [3.63, 3.8) is 0 Å². The lowest BCUT2D eigenvalue weighted by Crippen LogP contribution is -2.13. The number of halogens is 3. The topological polar surface area (TPSA) is 307 Å². The van der Waals surface area contributed by atoms with Gasteiger partial charge in [-0.15, -0.1) is 0 Å². The van der Waals surface area contributed by atoms with Gasteiger partial charge < -0.3 is 41.5 Å². The number of unbranched alkanes of at least 4 members (excludes halogenated alkanes) is 1. The third-order valence-corrected chi connectivity index (χ3v) is 21.8. The number of ether oxygens (including phenoxy) is 2. The van der Waals surface area contributed by atoms with E-state index >= 15 is 0 Å². The number of rotatable bonds is 25. The van der Waals surface area contributed by atoms with E-state index in [0.29, 0.717) is 101 Å². The molecule has 0 saturated heterocycles. The minimum Gasteiger partial charge on any atom is -0.490 e. The SMILES string of the molecule is CCC(c1ccccc1)c1nc(-c2ccncc2)no1.CCCCC1CCC(c2nc(-c3ccncc3)no2)CC1.CCOc1ccc(-c2nc(-c3ccccc3)no2)cc1OCC.CN(C)Cc1ccc(-c2nc(-c3ccc(-c4ccccc4)c(C(F)(F)F)c3)no2)cc1.c1cc(-c2noc(C3CCCCC3)n2)ccn1.c1ccc(Cc2nc(-c3ccncc3)no2)cc1. The Morgan fingerprint density at radius 3 is 1.36 bits per heavy atom. The van der Waals surface area contributed by atoms with Crippen molar-refractivity contribution in [1.82, 2.24) is 85.7 Å². The number of aromatic nitrogens is 16. The van der Waals surface area contributed by atoms with Crippen LogP contribution in [-0.4, -0.2) is 113 Å². The minimum absolute atomic E-state index is 0.108. The minimum atomic E-state index is -4.52. The third-order valence-electron chi connectivity index (χ3n) is 21.8. The predicted octanol–water partition coefficient (Wildman–Crippen LogP) is 24.5. The standard InChI is InChI=1S/C24H20F3N3O.C18H18N2O3.C17H23N3O.C16H15N3O.C14H11N3O.C13H15N3O/c1-30(2)15-16-8-10-18(11-9-16)23-28-22(29-31-23)19-12-13-20(17-6-4-3-5-7-17)21(14-19)24(25,26)27;1-3-21-15-11-10-14(12-16(15)22-4-2)18-19-17(20-23-18)13-8-6-5-7-9-13;1-2-3-4-13-5-7-15(8-6-13)17-19-16(20-21-17)14-9-11-18-12-10-14;1-2-14(12-6-4-3-5-7-12)16-18-15(19-20-16)13-8-10-17-11-9-13;1-2-4-11(5-3-1)10-13-16-14(17-18-13)12-6-8-15-9-7-12;1-2-4-11(5-3-1)13-15-12(16-17-13)10-6-8-14-9-7-10/h3-14H,15H2,1-2H3;5-12H,3-4H2,1-2H3;9-13,15H,2-8H2,1H3;3-11,14H,2H2,1H3;1-9H,10H2;6-9,11H,1-5H2. The summed E-state index contributed by atoms with van der Waals surface area (Å²) in [6, 6.07) is 70.9. The van der Waals surface area contributed by atoms with E-state index < -0.39 is 11.7 Å². The monoisotopic (exact) mass is 1750 g/mol. The quantitative estimate of drug-likeness (QED) is 0.0513. The Bertz CT molecular complexity index is 6160. The normalized spacial score (nSPS) is 13.9. The van der Waals surface area contributed by atoms with Gasteiger partial charge >= 0.3 is 6.18 Å². The molecule has 0 spiro atoms. The van der Waals surface area contributed by atoms with E-state index in [1.807, 2.05) is 198 Å². The fourth-order valence-electron chi connectivity index (χ4n) is 15.1. The maximum Gasteiger partial charge on any atom is 0.417 e. The third kappa shape index (κ3) is 25.8. The molecule has 1 atom stereocenters. The summed E-state index contributed by atoms with van der Waals surface area (Å²) in [5.41, 5.74) is 9.76. The molecule has 2 aliphatic rings. The smallest absolute Gasteiger partial charge is 0.417 e. The molecule has 0 bridgehead atoms. The average molecular weight is 1750 g/mol. The largest absolute Gasteiger partial charge is 0.490 e. The van der Waals surface area contributed by atoms with Gasteiger partial charge in [0.15, 0.2) is 11.5 Å². The first-order chi connectivity index (χ1) is 63.7. The molecule has 664 valence electrons. The number of benzene rings is 7. The average Bonchev–Trinajstić information content (AvgIpc) is 1.29. The van der Waals surface area contributed by atoms with Crippen LogP contribution in [0.2, 0.25) is 0 Å². The van der Waals surface area contributed by atoms with E-state index in [2.05, 4.69) is 112 Å². The highest BCUT2D eigenvalue weighted by Crippen LogP contribution is 2.42. The molecular formula is C102H102F3N17O8. The molecule has 25 nitrogen and oxygen atoms in total. The summed E-state index contributed by atoms with van der Waals surface area (Å²) in [4.78, 5) is 44.7. The predicted molar refractivity (Wildman–Crippen MR) is 488 cm³/mol. The molecule has 0 N–H and O–H groups in total. The molecule has 10 heterocycles. The zero-order valence-corrected chi connectivity index (χ0v) is 73.4. The lowest BCUT2D eigenvalue weighted by Gasteiger charge is -2.26. The molecule has 2 fully saturated rings. The second-order valence-corrected chi connectivity index (χ2v) is 31.4. The fourth-order valence-corrected chi connectivity index (χ4v) is 15.1. The van der Waals surface area contributed by atoms with Gasteiger partial charge in [0, 0.05) is 112 Å². The van der Waals surface area contributed by atoms with Crippen LogP contribution in [-0.2, 0) is 19.1 Å². The van der Waals surface area contributed by atoms with E-state index in [4.69, 9.17) is 36.6 Å². The van der Waals surface area contributed by atoms with Crippen LogP contribution in [0, 0.1) is 5.92 Å². The summed E-state index contributed by atoms with van der Waals surface area (Å²) in [5, 5.41) is 24.1. The maximum absolute atomic E-state index is 13.8. The highest BCUT2D eigenvalue weighted by atomic mass is 19.4. The van der Waals surface area contributed by atoms with Crippen LogP contribution in [0.25, 0.3) is 102 Å². The van der Waals surface area contributed by atoms with Gasteiger partial charge in [-0.3, -0.25) is 19.9 Å². The number of hydrogen-bond acceptors (Lipinski definition) is 25. The number of alkyl halides is 3. The van der Waals surface area contributed by atoms with Crippen molar-refractivity contribution in [3.05, 3.63) is 326 Å². The van der Waals surface area contributed by atoms with Crippen molar-refractivity contribution >= 4 is 0 Å². The van der Waals surface area contributed by atoms with E-state index in [-0.39, 0.29) is 28.8 Å². The Labute approximate surface area is 752 Å². The molecule has 2 aliphatic carbocycles. The molecule has 130 heavy (non-hydrogen) atoms. The van der Waals surface area contributed by atoms with Gasteiger partial charge in [-0.05, 0) is 192 Å². The zero-order chi connectivity index (χ0) is 90.1. The summed E-state index contributed by atoms with van der Waals surface area (Å²) in [7, 11) is 3.97. The molecule has 1 unspecified atom stereocenters. The maximum atomic E-state index is 13.8. The van der Waals surface area contributed by atoms with Crippen molar-refractivity contribution in [2.75, 3.05) is 27.3 Å². The molecule has 0 radical (unpaired) electrons. The molecule has 0 amide bonds. The van der Waals surface area contributed by atoms with Gasteiger partial charge in [-0.1, -0.05) is 229 Å². The Hall–Kier alpha value is -14.7. The Morgan fingerprint density at radius 2 is 0.831 bits per heavy atom. The van der Waals surface area contributed by atoms with Gasteiger partial charge in [0.1, 0.15) is 0 Å². The Balaban J connectivity index is 0.000000127. The van der Waals surface area contributed by atoms with Crippen molar-refractivity contribution in [2.24, 2.45) is 5.92 Å². The number of hydrogen-bond donors (Lipinski definition) is 0. The molecule has 17 aromatic rings. The van der Waals surface area contributed by atoms with Crippen LogP contribution in [0.5, 0.6) is 11.5 Å². The van der Waals surface area contributed by atoms with E-state index in [0.717, 1.165) is 81.2 Å². The molecule has 2 saturated carbocycles. The van der Waals surface area contributed by atoms with Crippen LogP contribution < -0.4 is 9.47 Å². The first kappa shape index (κ1) is 91.5. The van der Waals surface area contributed by atoms with Crippen LogP contribution in [0.1, 0.15) is 175 Å². The zero-order valence-electron chi connectivity index (χ0n) is 73.4. The van der Waals surface area contributed by atoms with E-state index in [1.54, 1.807) is 86.0 Å². The van der Waals surface area contributed by atoms with Crippen molar-refractivity contribution in [3.8, 4) is 114 Å². The van der Waals surface area contributed by atoms with Gasteiger partial charge in [0.25, 0.3) is 11.8 Å². The van der Waals surface area contributed by atoms with Crippen LogP contribution in [0.15, 0.2) is 307 Å². The molecule has 28 heteroatoms. The van der Waals surface area contributed by atoms with Gasteiger partial charge in [-0.2, -0.15) is 43.1 Å². The highest BCUT2D eigenvalue weighted by Gasteiger charge is 2.35. The number of pyridine rings is 4. The molecule has 10 aromatic heterocycles. The summed E-state index contributed by atoms with van der Waals surface area (Å²) in [5.74, 6) is 10.2. The van der Waals surface area contributed by atoms with Crippen LogP contribution in [0.4, 0.5) is 13.2 Å². The Kier molecular flexibility index (Phi) is 32.9. The van der Waals surface area contributed by atoms with Gasteiger partial charge in [-0.25, -0.2) is 0 Å². The molecular weight excluding hydrogens is 1650 g/mol. The fraction of sp³-hybridized carbons (Fsp3) is 0.275. The Morgan fingerprint density at radius 1 is 0.385 bits per heavy atom. The summed E-state index contributed by atoms with van der Waals surface area (Å²) < 4.78 is 84.7. The van der Waals surface area contributed by atoms with Crippen molar-refractivity contribution in [2.45, 2.75) is 148 Å². The van der Waals surface area contributed by atoms with Gasteiger partial charge in [0.2, 0.25) is 58.5 Å². The van der Waals surface area contributed by atoms with Gasteiger partial charge in [0.05, 0.1) is 31.1 Å². The molecule has 0 aliphatic heterocycles. The first-order valence-electron chi connectivity index (χ1n) is 43.9. The first-order valence-corrected chi connectivity index (χ1v) is 43.9. The van der Waals surface area contributed by atoms with Crippen molar-refractivity contribution in [1.29, 1.82) is 0 Å². The van der Waals surface area contributed by atoms with Crippen molar-refractivity contribution < 1.29 is 49.8 Å². The van der Waals surface area contributed by atoms with E-state index in [9.17, 15) is 13.2 Å². The summed E-state index contributed by atoms with van der Waals surface area (Å²) in [6.45, 7) is 10.2. The highest BCUT2D eigenvalue weighted by molar-refractivity contribution is 5.73. The lowest BCUT2D eigenvalue weighted by molar-refractivity contribution is -0.137. The second-order valence-electron chi connectivity index (χ2n) is 31.4. The van der Waals surface area contributed by atoms with E-state index in [1.165, 1.54) is 88.7 Å². The second kappa shape index (κ2) is 46.7.